The van der Waals surface area contributed by atoms with Crippen LogP contribution in [0.3, 0.4) is 0 Å². The van der Waals surface area contributed by atoms with Crippen LogP contribution >= 0.6 is 0 Å². The third-order valence-corrected chi connectivity index (χ3v) is 3.94. The molecule has 0 radical (unpaired) electrons. The van der Waals surface area contributed by atoms with Gasteiger partial charge in [0.15, 0.2) is 0 Å². The molecule has 2 rings (SSSR count). The van der Waals surface area contributed by atoms with Crippen LogP contribution in [0.15, 0.2) is 24.3 Å². The SMILES string of the molecule is CN(C(=O)c1ccccc1OC(F)F)C1CCC(N)CC1. The van der Waals surface area contributed by atoms with Crippen LogP contribution in [-0.2, 0) is 0 Å². The van der Waals surface area contributed by atoms with E-state index >= 15 is 0 Å². The minimum absolute atomic E-state index is 0.0862. The lowest BCUT2D eigenvalue weighted by molar-refractivity contribution is -0.0503. The van der Waals surface area contributed by atoms with E-state index in [0.717, 1.165) is 25.7 Å². The van der Waals surface area contributed by atoms with Crippen molar-refractivity contribution in [1.82, 2.24) is 4.90 Å². The van der Waals surface area contributed by atoms with Gasteiger partial charge in [0.1, 0.15) is 5.75 Å². The quantitative estimate of drug-likeness (QED) is 0.929. The molecule has 1 saturated carbocycles. The van der Waals surface area contributed by atoms with Crippen LogP contribution in [0.2, 0.25) is 0 Å². The molecule has 21 heavy (non-hydrogen) atoms. The Balaban J connectivity index is 2.12. The molecule has 1 aromatic rings. The van der Waals surface area contributed by atoms with Gasteiger partial charge in [-0.2, -0.15) is 8.78 Å². The first-order valence-electron chi connectivity index (χ1n) is 7.05. The van der Waals surface area contributed by atoms with Crippen LogP contribution in [0.5, 0.6) is 5.75 Å². The van der Waals surface area contributed by atoms with Gasteiger partial charge in [-0.25, -0.2) is 0 Å². The molecule has 2 N–H and O–H groups in total. The number of carbonyl (C=O) groups excluding carboxylic acids is 1. The molecular formula is C15H20F2N2O2. The lowest BCUT2D eigenvalue weighted by Gasteiger charge is -2.33. The number of halogens is 2. The summed E-state index contributed by atoms with van der Waals surface area (Å²) < 4.78 is 29.2. The summed E-state index contributed by atoms with van der Waals surface area (Å²) in [5.41, 5.74) is 6.02. The molecule has 1 fully saturated rings. The predicted octanol–water partition coefficient (Wildman–Crippen LogP) is 2.63. The molecular weight excluding hydrogens is 278 g/mol. The van der Waals surface area contributed by atoms with Crippen molar-refractivity contribution in [3.05, 3.63) is 29.8 Å². The molecule has 0 heterocycles. The molecule has 4 nitrogen and oxygen atoms in total. The zero-order valence-electron chi connectivity index (χ0n) is 12.0. The van der Waals surface area contributed by atoms with E-state index in [1.165, 1.54) is 12.1 Å². The predicted molar refractivity (Wildman–Crippen MR) is 75.4 cm³/mol. The highest BCUT2D eigenvalue weighted by Gasteiger charge is 2.27. The summed E-state index contributed by atoms with van der Waals surface area (Å²) >= 11 is 0. The Bertz CT molecular complexity index is 488. The minimum Gasteiger partial charge on any atom is -0.434 e. The number of hydrogen-bond acceptors (Lipinski definition) is 3. The smallest absolute Gasteiger partial charge is 0.387 e. The molecule has 0 bridgehead atoms. The van der Waals surface area contributed by atoms with Crippen molar-refractivity contribution in [2.45, 2.75) is 44.4 Å². The molecule has 0 atom stereocenters. The van der Waals surface area contributed by atoms with Crippen LogP contribution < -0.4 is 10.5 Å². The van der Waals surface area contributed by atoms with Crippen LogP contribution in [0.1, 0.15) is 36.0 Å². The van der Waals surface area contributed by atoms with E-state index in [2.05, 4.69) is 4.74 Å². The van der Waals surface area contributed by atoms with Gasteiger partial charge in [0, 0.05) is 19.1 Å². The van der Waals surface area contributed by atoms with Gasteiger partial charge < -0.3 is 15.4 Å². The Labute approximate surface area is 122 Å². The highest BCUT2D eigenvalue weighted by molar-refractivity contribution is 5.97. The Hall–Kier alpha value is -1.69. The number of rotatable bonds is 4. The first kappa shape index (κ1) is 15.7. The summed E-state index contributed by atoms with van der Waals surface area (Å²) in [4.78, 5) is 14.1. The first-order chi connectivity index (χ1) is 9.99. The standard InChI is InChI=1S/C15H20F2N2O2/c1-19(11-8-6-10(18)7-9-11)14(20)12-4-2-3-5-13(12)21-15(16)17/h2-5,10-11,15H,6-9,18H2,1H3. The molecule has 1 amide bonds. The maximum atomic E-state index is 12.5. The zero-order chi connectivity index (χ0) is 15.4. The molecule has 0 unspecified atom stereocenters. The topological polar surface area (TPSA) is 55.6 Å². The van der Waals surface area contributed by atoms with Gasteiger partial charge in [-0.1, -0.05) is 12.1 Å². The molecule has 0 aliphatic heterocycles. The van der Waals surface area contributed by atoms with Crippen molar-refractivity contribution in [1.29, 1.82) is 0 Å². The zero-order valence-corrected chi connectivity index (χ0v) is 12.0. The normalized spacial score (nSPS) is 22.1. The molecule has 0 spiro atoms. The second kappa shape index (κ2) is 6.85. The summed E-state index contributed by atoms with van der Waals surface area (Å²) in [6.07, 6.45) is 3.41. The van der Waals surface area contributed by atoms with Gasteiger partial charge in [-0.15, -0.1) is 0 Å². The number of alkyl halides is 2. The van der Waals surface area contributed by atoms with E-state index in [-0.39, 0.29) is 29.3 Å². The molecule has 0 aromatic heterocycles. The number of nitrogens with zero attached hydrogens (tertiary/aromatic N) is 1. The fourth-order valence-electron chi connectivity index (χ4n) is 2.69. The van der Waals surface area contributed by atoms with Crippen LogP contribution in [0.4, 0.5) is 8.78 Å². The lowest BCUT2D eigenvalue weighted by atomic mass is 9.90. The largest absolute Gasteiger partial charge is 0.434 e. The van der Waals surface area contributed by atoms with Gasteiger partial charge in [-0.3, -0.25) is 4.79 Å². The molecule has 1 aliphatic rings. The summed E-state index contributed by atoms with van der Waals surface area (Å²) in [5, 5.41) is 0. The second-order valence-corrected chi connectivity index (χ2v) is 5.36. The maximum Gasteiger partial charge on any atom is 0.387 e. The molecule has 1 aromatic carbocycles. The fraction of sp³-hybridized carbons (Fsp3) is 0.533. The number of carbonyl (C=O) groups is 1. The number of para-hydroxylation sites is 1. The number of nitrogens with two attached hydrogens (primary N) is 1. The molecule has 0 saturated heterocycles. The molecule has 1 aliphatic carbocycles. The van der Waals surface area contributed by atoms with Crippen molar-refractivity contribution in [2.24, 2.45) is 5.73 Å². The second-order valence-electron chi connectivity index (χ2n) is 5.36. The average molecular weight is 298 g/mol. The lowest BCUT2D eigenvalue weighted by Crippen LogP contribution is -2.42. The van der Waals surface area contributed by atoms with Crippen molar-refractivity contribution in [3.63, 3.8) is 0 Å². The van der Waals surface area contributed by atoms with E-state index in [4.69, 9.17) is 5.73 Å². The number of benzene rings is 1. The van der Waals surface area contributed by atoms with Crippen molar-refractivity contribution >= 4 is 5.91 Å². The number of amides is 1. The van der Waals surface area contributed by atoms with Gasteiger partial charge >= 0.3 is 6.61 Å². The maximum absolute atomic E-state index is 12.5. The highest BCUT2D eigenvalue weighted by Crippen LogP contribution is 2.26. The van der Waals surface area contributed by atoms with Crippen molar-refractivity contribution in [3.8, 4) is 5.75 Å². The van der Waals surface area contributed by atoms with Crippen molar-refractivity contribution < 1.29 is 18.3 Å². The first-order valence-corrected chi connectivity index (χ1v) is 7.05. The Morgan fingerprint density at radius 3 is 2.52 bits per heavy atom. The van der Waals surface area contributed by atoms with E-state index in [1.807, 2.05) is 0 Å². The third kappa shape index (κ3) is 3.91. The molecule has 116 valence electrons. The van der Waals surface area contributed by atoms with E-state index < -0.39 is 6.61 Å². The van der Waals surface area contributed by atoms with Crippen molar-refractivity contribution in [2.75, 3.05) is 7.05 Å². The van der Waals surface area contributed by atoms with Crippen LogP contribution in [0, 0.1) is 0 Å². The summed E-state index contributed by atoms with van der Waals surface area (Å²) in [6.45, 7) is -2.95. The third-order valence-electron chi connectivity index (χ3n) is 3.94. The molecule has 6 heteroatoms. The van der Waals surface area contributed by atoms with Crippen LogP contribution in [0.25, 0.3) is 0 Å². The summed E-state index contributed by atoms with van der Waals surface area (Å²) in [6, 6.07) is 6.37. The highest BCUT2D eigenvalue weighted by atomic mass is 19.3. The van der Waals surface area contributed by atoms with E-state index in [0.29, 0.717) is 0 Å². The average Bonchev–Trinajstić information content (AvgIpc) is 2.46. The monoisotopic (exact) mass is 298 g/mol. The summed E-state index contributed by atoms with van der Waals surface area (Å²) in [7, 11) is 1.70. The van der Waals surface area contributed by atoms with Gasteiger partial charge in [0.2, 0.25) is 0 Å². The Morgan fingerprint density at radius 1 is 1.29 bits per heavy atom. The minimum atomic E-state index is -2.95. The van der Waals surface area contributed by atoms with E-state index in [1.54, 1.807) is 24.1 Å². The van der Waals surface area contributed by atoms with Gasteiger partial charge in [0.05, 0.1) is 5.56 Å². The van der Waals surface area contributed by atoms with Gasteiger partial charge in [0.25, 0.3) is 5.91 Å². The Morgan fingerprint density at radius 2 is 1.90 bits per heavy atom. The summed E-state index contributed by atoms with van der Waals surface area (Å²) in [5.74, 6) is -0.386. The number of hydrogen-bond donors (Lipinski definition) is 1. The van der Waals surface area contributed by atoms with Gasteiger partial charge in [-0.05, 0) is 37.8 Å². The number of ether oxygens (including phenoxy) is 1. The van der Waals surface area contributed by atoms with Crippen LogP contribution in [-0.4, -0.2) is 36.5 Å². The van der Waals surface area contributed by atoms with E-state index in [9.17, 15) is 13.6 Å². The fourth-order valence-corrected chi connectivity index (χ4v) is 2.69. The Kier molecular flexibility index (Phi) is 5.12.